The van der Waals surface area contributed by atoms with Gasteiger partial charge in [-0.15, -0.1) is 0 Å². The lowest BCUT2D eigenvalue weighted by molar-refractivity contribution is 0.0994. The average molecular weight is 326 g/mol. The Bertz CT molecular complexity index is 777. The standard InChI is InChI=1S/C17H12BrNO/c18-16-8-4-2-5-12(16)9-17(20)15-11-19-10-13-6-1-3-7-14(13)15/h1-8,10-11H,9H2. The number of rotatable bonds is 3. The number of benzene rings is 2. The van der Waals surface area contributed by atoms with E-state index in [1.807, 2.05) is 48.5 Å². The number of halogens is 1. The fourth-order valence-corrected chi connectivity index (χ4v) is 2.67. The number of carbonyl (C=O) groups excluding carboxylic acids is 1. The minimum atomic E-state index is 0.0844. The van der Waals surface area contributed by atoms with E-state index in [2.05, 4.69) is 20.9 Å². The first-order chi connectivity index (χ1) is 9.75. The molecule has 0 aliphatic rings. The molecular formula is C17H12BrNO. The van der Waals surface area contributed by atoms with E-state index in [0.717, 1.165) is 20.8 Å². The topological polar surface area (TPSA) is 30.0 Å². The third kappa shape index (κ3) is 2.49. The molecule has 1 aromatic heterocycles. The highest BCUT2D eigenvalue weighted by Gasteiger charge is 2.12. The molecule has 0 saturated carbocycles. The van der Waals surface area contributed by atoms with E-state index < -0.39 is 0 Å². The molecule has 0 saturated heterocycles. The van der Waals surface area contributed by atoms with Crippen molar-refractivity contribution in [1.29, 1.82) is 0 Å². The maximum atomic E-state index is 12.5. The summed E-state index contributed by atoms with van der Waals surface area (Å²) in [4.78, 5) is 16.7. The first-order valence-electron chi connectivity index (χ1n) is 6.35. The zero-order valence-electron chi connectivity index (χ0n) is 10.7. The summed E-state index contributed by atoms with van der Waals surface area (Å²) in [6, 6.07) is 15.6. The molecular weight excluding hydrogens is 314 g/mol. The Labute approximate surface area is 125 Å². The number of carbonyl (C=O) groups is 1. The van der Waals surface area contributed by atoms with E-state index in [0.29, 0.717) is 12.0 Å². The molecule has 20 heavy (non-hydrogen) atoms. The Balaban J connectivity index is 1.99. The van der Waals surface area contributed by atoms with Crippen LogP contribution >= 0.6 is 15.9 Å². The predicted octanol–water partition coefficient (Wildman–Crippen LogP) is 4.42. The number of fused-ring (bicyclic) bond motifs is 1. The third-order valence-electron chi connectivity index (χ3n) is 3.28. The van der Waals surface area contributed by atoms with Crippen LogP contribution in [0.4, 0.5) is 0 Å². The maximum Gasteiger partial charge on any atom is 0.169 e. The van der Waals surface area contributed by atoms with Gasteiger partial charge in [-0.3, -0.25) is 9.78 Å². The highest BCUT2D eigenvalue weighted by Crippen LogP contribution is 2.21. The smallest absolute Gasteiger partial charge is 0.169 e. The molecule has 0 bridgehead atoms. The third-order valence-corrected chi connectivity index (χ3v) is 4.05. The second-order valence-electron chi connectivity index (χ2n) is 4.60. The first kappa shape index (κ1) is 13.0. The van der Waals surface area contributed by atoms with Gasteiger partial charge in [0.1, 0.15) is 0 Å². The zero-order valence-corrected chi connectivity index (χ0v) is 12.3. The van der Waals surface area contributed by atoms with Crippen LogP contribution in [0.15, 0.2) is 65.4 Å². The Hall–Kier alpha value is -2.00. The van der Waals surface area contributed by atoms with Crippen LogP contribution in [0.25, 0.3) is 10.8 Å². The summed E-state index contributed by atoms with van der Waals surface area (Å²) < 4.78 is 0.960. The molecule has 0 aliphatic carbocycles. The summed E-state index contributed by atoms with van der Waals surface area (Å²) in [6.45, 7) is 0. The molecule has 0 amide bonds. The van der Waals surface area contributed by atoms with E-state index in [4.69, 9.17) is 0 Å². The summed E-state index contributed by atoms with van der Waals surface area (Å²) >= 11 is 3.48. The Morgan fingerprint density at radius 2 is 1.75 bits per heavy atom. The molecule has 0 aliphatic heterocycles. The van der Waals surface area contributed by atoms with E-state index in [1.54, 1.807) is 12.4 Å². The van der Waals surface area contributed by atoms with E-state index >= 15 is 0 Å². The zero-order chi connectivity index (χ0) is 13.9. The van der Waals surface area contributed by atoms with Crippen LogP contribution in [0.5, 0.6) is 0 Å². The van der Waals surface area contributed by atoms with Gasteiger partial charge in [0.2, 0.25) is 0 Å². The molecule has 0 atom stereocenters. The van der Waals surface area contributed by atoms with Crippen molar-refractivity contribution in [3.05, 3.63) is 76.5 Å². The van der Waals surface area contributed by atoms with Gasteiger partial charge in [0, 0.05) is 34.2 Å². The van der Waals surface area contributed by atoms with Crippen molar-refractivity contribution in [2.75, 3.05) is 0 Å². The van der Waals surface area contributed by atoms with Crippen LogP contribution in [0.3, 0.4) is 0 Å². The van der Waals surface area contributed by atoms with Gasteiger partial charge in [-0.05, 0) is 17.0 Å². The van der Waals surface area contributed by atoms with Crippen LogP contribution in [-0.2, 0) is 6.42 Å². The summed E-state index contributed by atoms with van der Waals surface area (Å²) in [7, 11) is 0. The molecule has 0 unspecified atom stereocenters. The van der Waals surface area contributed by atoms with Crippen molar-refractivity contribution in [3.8, 4) is 0 Å². The predicted molar refractivity (Wildman–Crippen MR) is 83.9 cm³/mol. The van der Waals surface area contributed by atoms with Gasteiger partial charge in [0.15, 0.2) is 5.78 Å². The summed E-state index contributed by atoms with van der Waals surface area (Å²) in [5.41, 5.74) is 1.67. The molecule has 0 spiro atoms. The van der Waals surface area contributed by atoms with Gasteiger partial charge in [-0.25, -0.2) is 0 Å². The van der Waals surface area contributed by atoms with Crippen LogP contribution in [-0.4, -0.2) is 10.8 Å². The van der Waals surface area contributed by atoms with Gasteiger partial charge in [0.25, 0.3) is 0 Å². The number of nitrogens with zero attached hydrogens (tertiary/aromatic N) is 1. The highest BCUT2D eigenvalue weighted by atomic mass is 79.9. The number of aromatic nitrogens is 1. The first-order valence-corrected chi connectivity index (χ1v) is 7.14. The van der Waals surface area contributed by atoms with Gasteiger partial charge in [0.05, 0.1) is 0 Å². The van der Waals surface area contributed by atoms with Crippen molar-refractivity contribution >= 4 is 32.5 Å². The minimum Gasteiger partial charge on any atom is -0.294 e. The molecule has 0 radical (unpaired) electrons. The summed E-state index contributed by atoms with van der Waals surface area (Å²) in [5.74, 6) is 0.0844. The largest absolute Gasteiger partial charge is 0.294 e. The fourth-order valence-electron chi connectivity index (χ4n) is 2.25. The fraction of sp³-hybridized carbons (Fsp3) is 0.0588. The molecule has 1 heterocycles. The number of hydrogen-bond acceptors (Lipinski definition) is 2. The SMILES string of the molecule is O=C(Cc1ccccc1Br)c1cncc2ccccc12. The Morgan fingerprint density at radius 3 is 2.60 bits per heavy atom. The minimum absolute atomic E-state index is 0.0844. The van der Waals surface area contributed by atoms with Gasteiger partial charge < -0.3 is 0 Å². The van der Waals surface area contributed by atoms with E-state index in [9.17, 15) is 4.79 Å². The maximum absolute atomic E-state index is 12.5. The quantitative estimate of drug-likeness (QED) is 0.667. The normalized spacial score (nSPS) is 10.7. The average Bonchev–Trinajstić information content (AvgIpc) is 2.49. The number of Topliss-reactive ketones (excluding diaryl/α,β-unsaturated/α-hetero) is 1. The van der Waals surface area contributed by atoms with E-state index in [1.165, 1.54) is 0 Å². The monoisotopic (exact) mass is 325 g/mol. The van der Waals surface area contributed by atoms with Crippen molar-refractivity contribution in [3.63, 3.8) is 0 Å². The Kier molecular flexibility index (Phi) is 3.61. The van der Waals surface area contributed by atoms with Crippen molar-refractivity contribution in [2.45, 2.75) is 6.42 Å². The van der Waals surface area contributed by atoms with Crippen molar-refractivity contribution in [1.82, 2.24) is 4.98 Å². The molecule has 3 heteroatoms. The van der Waals surface area contributed by atoms with Gasteiger partial charge >= 0.3 is 0 Å². The lowest BCUT2D eigenvalue weighted by atomic mass is 10.00. The lowest BCUT2D eigenvalue weighted by Gasteiger charge is -2.06. The number of pyridine rings is 1. The summed E-state index contributed by atoms with van der Waals surface area (Å²) in [6.07, 6.45) is 3.81. The molecule has 3 rings (SSSR count). The molecule has 98 valence electrons. The van der Waals surface area contributed by atoms with Crippen LogP contribution < -0.4 is 0 Å². The van der Waals surface area contributed by atoms with Crippen molar-refractivity contribution in [2.24, 2.45) is 0 Å². The number of hydrogen-bond donors (Lipinski definition) is 0. The van der Waals surface area contributed by atoms with Gasteiger partial charge in [-0.1, -0.05) is 58.4 Å². The number of ketones is 1. The second-order valence-corrected chi connectivity index (χ2v) is 5.45. The molecule has 0 fully saturated rings. The molecule has 3 aromatic rings. The molecule has 2 aromatic carbocycles. The van der Waals surface area contributed by atoms with Crippen molar-refractivity contribution < 1.29 is 4.79 Å². The van der Waals surface area contributed by atoms with Crippen LogP contribution in [0.2, 0.25) is 0 Å². The molecule has 2 nitrogen and oxygen atoms in total. The van der Waals surface area contributed by atoms with Gasteiger partial charge in [-0.2, -0.15) is 0 Å². The highest BCUT2D eigenvalue weighted by molar-refractivity contribution is 9.10. The lowest BCUT2D eigenvalue weighted by Crippen LogP contribution is -2.05. The summed E-state index contributed by atoms with van der Waals surface area (Å²) in [5, 5.41) is 1.95. The van der Waals surface area contributed by atoms with Crippen LogP contribution in [0, 0.1) is 0 Å². The Morgan fingerprint density at radius 1 is 1.00 bits per heavy atom. The van der Waals surface area contributed by atoms with E-state index in [-0.39, 0.29) is 5.78 Å². The van der Waals surface area contributed by atoms with Crippen LogP contribution in [0.1, 0.15) is 15.9 Å². The molecule has 0 N–H and O–H groups in total. The second kappa shape index (κ2) is 5.55.